The zero-order valence-electron chi connectivity index (χ0n) is 18.9. The molecule has 0 saturated carbocycles. The lowest BCUT2D eigenvalue weighted by Crippen LogP contribution is -2.55. The normalized spacial score (nSPS) is 20.4. The molecule has 2 N–H and O–H groups in total. The number of phenolic OH excluding ortho intramolecular Hbond substituents is 1. The number of carbonyl (C=O) groups excluding carboxylic acids is 2. The minimum absolute atomic E-state index is 0.0122. The molecule has 0 aromatic heterocycles. The summed E-state index contributed by atoms with van der Waals surface area (Å²) in [5, 5.41) is 14.0. The summed E-state index contributed by atoms with van der Waals surface area (Å²) in [7, 11) is 0. The molecule has 2 heterocycles. The molecular weight excluding hydrogens is 450 g/mol. The van der Waals surface area contributed by atoms with E-state index in [1.807, 2.05) is 36.4 Å². The number of ketones is 1. The maximum absolute atomic E-state index is 14.2. The van der Waals surface area contributed by atoms with Crippen LogP contribution in [0.5, 0.6) is 5.75 Å². The van der Waals surface area contributed by atoms with Crippen LogP contribution >= 0.6 is 11.6 Å². The molecule has 3 aromatic rings. The molecule has 2 aliphatic heterocycles. The van der Waals surface area contributed by atoms with E-state index < -0.39 is 5.41 Å². The van der Waals surface area contributed by atoms with Crippen LogP contribution in [0.25, 0.3) is 0 Å². The lowest BCUT2D eigenvalue weighted by atomic mass is 9.71. The summed E-state index contributed by atoms with van der Waals surface area (Å²) in [6.07, 6.45) is 0. The summed E-state index contributed by atoms with van der Waals surface area (Å²) >= 11 is 6.55. The van der Waals surface area contributed by atoms with Gasteiger partial charge in [0.1, 0.15) is 11.2 Å². The Kier molecular flexibility index (Phi) is 5.80. The van der Waals surface area contributed by atoms with Gasteiger partial charge in [0.25, 0.3) is 0 Å². The SMILES string of the molecule is CC1(c2cccc(O)c2)C(=O)c2c(N3CCNCC3)cc(Cl)cc2N(Cc2ccccc2)C1=O. The van der Waals surface area contributed by atoms with Crippen LogP contribution in [-0.2, 0) is 16.8 Å². The number of nitrogens with one attached hydrogen (secondary N) is 1. The number of nitrogens with zero attached hydrogens (tertiary/aromatic N) is 2. The lowest BCUT2D eigenvalue weighted by Gasteiger charge is -2.42. The van der Waals surface area contributed by atoms with E-state index >= 15 is 0 Å². The zero-order valence-corrected chi connectivity index (χ0v) is 19.7. The molecule has 6 nitrogen and oxygen atoms in total. The molecular formula is C27H26ClN3O3. The number of amides is 1. The second-order valence-corrected chi connectivity index (χ2v) is 9.37. The Morgan fingerprint density at radius 3 is 2.38 bits per heavy atom. The third-order valence-electron chi connectivity index (χ3n) is 6.77. The maximum Gasteiger partial charge on any atom is 0.245 e. The van der Waals surface area contributed by atoms with Crippen molar-refractivity contribution in [2.24, 2.45) is 0 Å². The van der Waals surface area contributed by atoms with E-state index in [9.17, 15) is 14.7 Å². The van der Waals surface area contributed by atoms with E-state index in [0.29, 0.717) is 28.4 Å². The topological polar surface area (TPSA) is 72.9 Å². The highest BCUT2D eigenvalue weighted by atomic mass is 35.5. The van der Waals surface area contributed by atoms with Gasteiger partial charge in [-0.25, -0.2) is 0 Å². The van der Waals surface area contributed by atoms with Gasteiger partial charge < -0.3 is 20.2 Å². The smallest absolute Gasteiger partial charge is 0.245 e. The predicted octanol–water partition coefficient (Wildman–Crippen LogP) is 4.14. The first-order valence-corrected chi connectivity index (χ1v) is 11.8. The van der Waals surface area contributed by atoms with Gasteiger partial charge in [0.2, 0.25) is 5.91 Å². The number of aromatic hydroxyl groups is 1. The average Bonchev–Trinajstić information content (AvgIpc) is 2.86. The van der Waals surface area contributed by atoms with Crippen molar-refractivity contribution in [1.82, 2.24) is 5.32 Å². The van der Waals surface area contributed by atoms with E-state index in [4.69, 9.17) is 11.6 Å². The Labute approximate surface area is 203 Å². The minimum atomic E-state index is -1.49. The number of piperazine rings is 1. The van der Waals surface area contributed by atoms with Crippen molar-refractivity contribution in [1.29, 1.82) is 0 Å². The standard InChI is InChI=1S/C27H26ClN3O3/c1-27(19-8-5-9-21(32)14-19)25(33)24-22(30-12-10-29-11-13-30)15-20(28)16-23(24)31(26(27)34)17-18-6-3-2-4-7-18/h2-9,14-16,29,32H,10-13,17H2,1H3. The first-order valence-electron chi connectivity index (χ1n) is 11.4. The van der Waals surface area contributed by atoms with Gasteiger partial charge in [-0.3, -0.25) is 9.59 Å². The quantitative estimate of drug-likeness (QED) is 0.555. The van der Waals surface area contributed by atoms with Crippen molar-refractivity contribution < 1.29 is 14.7 Å². The summed E-state index contributed by atoms with van der Waals surface area (Å²) in [5.74, 6) is -0.612. The van der Waals surface area contributed by atoms with Gasteiger partial charge in [-0.1, -0.05) is 54.1 Å². The van der Waals surface area contributed by atoms with Crippen LogP contribution in [-0.4, -0.2) is 43.0 Å². The number of anilines is 2. The van der Waals surface area contributed by atoms with Crippen LogP contribution in [0.4, 0.5) is 11.4 Å². The van der Waals surface area contributed by atoms with Crippen molar-refractivity contribution in [2.75, 3.05) is 36.0 Å². The average molecular weight is 476 g/mol. The summed E-state index contributed by atoms with van der Waals surface area (Å²) in [6.45, 7) is 5.02. The van der Waals surface area contributed by atoms with Crippen molar-refractivity contribution in [3.8, 4) is 5.75 Å². The van der Waals surface area contributed by atoms with Gasteiger partial charge in [-0.2, -0.15) is 0 Å². The fourth-order valence-electron chi connectivity index (χ4n) is 4.90. The van der Waals surface area contributed by atoms with E-state index in [1.54, 1.807) is 30.0 Å². The van der Waals surface area contributed by atoms with Gasteiger partial charge >= 0.3 is 0 Å². The summed E-state index contributed by atoms with van der Waals surface area (Å²) in [4.78, 5) is 32.1. The summed E-state index contributed by atoms with van der Waals surface area (Å²) in [6, 6.07) is 19.6. The van der Waals surface area contributed by atoms with Crippen LogP contribution < -0.4 is 15.1 Å². The predicted molar refractivity (Wildman–Crippen MR) is 134 cm³/mol. The molecule has 1 atom stereocenters. The largest absolute Gasteiger partial charge is 0.508 e. The molecule has 5 rings (SSSR count). The highest BCUT2D eigenvalue weighted by Crippen LogP contribution is 2.46. The number of hydrogen-bond donors (Lipinski definition) is 2. The van der Waals surface area contributed by atoms with Crippen molar-refractivity contribution >= 4 is 34.7 Å². The molecule has 1 unspecified atom stereocenters. The van der Waals surface area contributed by atoms with Crippen LogP contribution in [0, 0.1) is 0 Å². The Morgan fingerprint density at radius 2 is 1.68 bits per heavy atom. The minimum Gasteiger partial charge on any atom is -0.508 e. The van der Waals surface area contributed by atoms with E-state index in [-0.39, 0.29) is 17.4 Å². The molecule has 7 heteroatoms. The number of hydrogen-bond acceptors (Lipinski definition) is 5. The number of benzene rings is 3. The van der Waals surface area contributed by atoms with E-state index in [0.717, 1.165) is 37.4 Å². The van der Waals surface area contributed by atoms with Gasteiger partial charge in [-0.05, 0) is 42.3 Å². The van der Waals surface area contributed by atoms with Crippen molar-refractivity contribution in [3.63, 3.8) is 0 Å². The first kappa shape index (κ1) is 22.4. The monoisotopic (exact) mass is 475 g/mol. The zero-order chi connectivity index (χ0) is 23.9. The van der Waals surface area contributed by atoms with Crippen molar-refractivity contribution in [3.05, 3.63) is 88.4 Å². The number of rotatable bonds is 4. The van der Waals surface area contributed by atoms with Crippen LogP contribution in [0.2, 0.25) is 5.02 Å². The van der Waals surface area contributed by atoms with Crippen LogP contribution in [0.1, 0.15) is 28.4 Å². The first-order chi connectivity index (χ1) is 16.4. The highest BCUT2D eigenvalue weighted by Gasteiger charge is 2.52. The molecule has 1 amide bonds. The molecule has 174 valence electrons. The number of phenols is 1. The van der Waals surface area contributed by atoms with Crippen LogP contribution in [0.3, 0.4) is 0 Å². The third-order valence-corrected chi connectivity index (χ3v) is 6.99. The lowest BCUT2D eigenvalue weighted by molar-refractivity contribution is -0.122. The van der Waals surface area contributed by atoms with Gasteiger partial charge in [0.15, 0.2) is 5.78 Å². The Hall–Kier alpha value is -3.35. The molecule has 0 radical (unpaired) electrons. The number of Topliss-reactive ketones (excluding diaryl/α,β-unsaturated/α-hetero) is 1. The van der Waals surface area contributed by atoms with Crippen molar-refractivity contribution in [2.45, 2.75) is 18.9 Å². The Balaban J connectivity index is 1.73. The second kappa shape index (κ2) is 8.78. The molecule has 0 bridgehead atoms. The second-order valence-electron chi connectivity index (χ2n) is 8.94. The molecule has 0 spiro atoms. The molecule has 0 aliphatic carbocycles. The Morgan fingerprint density at radius 1 is 0.971 bits per heavy atom. The van der Waals surface area contributed by atoms with Gasteiger partial charge in [-0.15, -0.1) is 0 Å². The molecule has 34 heavy (non-hydrogen) atoms. The Bertz CT molecular complexity index is 1260. The van der Waals surface area contributed by atoms with Gasteiger partial charge in [0, 0.05) is 31.2 Å². The number of carbonyl (C=O) groups is 2. The maximum atomic E-state index is 14.2. The highest BCUT2D eigenvalue weighted by molar-refractivity contribution is 6.34. The number of halogens is 1. The molecule has 3 aromatic carbocycles. The molecule has 1 fully saturated rings. The third kappa shape index (κ3) is 3.73. The molecule has 1 saturated heterocycles. The fourth-order valence-corrected chi connectivity index (χ4v) is 5.11. The summed E-state index contributed by atoms with van der Waals surface area (Å²) < 4.78 is 0. The molecule has 2 aliphatic rings. The van der Waals surface area contributed by atoms with Crippen LogP contribution in [0.15, 0.2) is 66.7 Å². The fraction of sp³-hybridized carbons (Fsp3) is 0.259. The summed E-state index contributed by atoms with van der Waals surface area (Å²) in [5.41, 5.74) is 1.68. The van der Waals surface area contributed by atoms with E-state index in [1.165, 1.54) is 12.1 Å². The van der Waals surface area contributed by atoms with E-state index in [2.05, 4.69) is 10.2 Å². The van der Waals surface area contributed by atoms with Gasteiger partial charge in [0.05, 0.1) is 23.5 Å². The number of fused-ring (bicyclic) bond motifs is 1.